The first-order chi connectivity index (χ1) is 7.00. The average molecular weight is 211 g/mol. The molecule has 0 radical (unpaired) electrons. The molecule has 1 fully saturated rings. The Morgan fingerprint density at radius 1 is 1.33 bits per heavy atom. The lowest BCUT2D eigenvalue weighted by atomic mass is 9.85. The Balaban J connectivity index is 2.56. The van der Waals surface area contributed by atoms with E-state index in [-0.39, 0.29) is 5.54 Å². The quantitative estimate of drug-likeness (QED) is 0.697. The maximum atomic E-state index is 12.3. The zero-order valence-electron chi connectivity index (χ0n) is 10.7. The summed E-state index contributed by atoms with van der Waals surface area (Å²) in [5.74, 6) is 1.10. The predicted molar refractivity (Wildman–Crippen MR) is 64.0 cm³/mol. The minimum Gasteiger partial charge on any atom is -0.298 e. The van der Waals surface area contributed by atoms with Crippen LogP contribution in [0.15, 0.2) is 0 Å². The normalized spacial score (nSPS) is 21.9. The van der Waals surface area contributed by atoms with Crippen LogP contribution in [0.3, 0.4) is 0 Å². The van der Waals surface area contributed by atoms with Crippen molar-refractivity contribution in [2.45, 2.75) is 57.9 Å². The lowest BCUT2D eigenvalue weighted by molar-refractivity contribution is -0.130. The largest absolute Gasteiger partial charge is 0.298 e. The van der Waals surface area contributed by atoms with Crippen molar-refractivity contribution >= 4 is 5.78 Å². The molecule has 0 saturated heterocycles. The highest BCUT2D eigenvalue weighted by molar-refractivity contribution is 5.88. The van der Waals surface area contributed by atoms with E-state index in [1.165, 1.54) is 25.7 Å². The molecule has 2 heteroatoms. The lowest BCUT2D eigenvalue weighted by Gasteiger charge is -2.34. The predicted octanol–water partition coefficient (Wildman–Crippen LogP) is 2.87. The van der Waals surface area contributed by atoms with Crippen molar-refractivity contribution in [3.8, 4) is 0 Å². The fraction of sp³-hybridized carbons (Fsp3) is 0.923. The Hall–Kier alpha value is -0.370. The first kappa shape index (κ1) is 12.7. The Morgan fingerprint density at radius 3 is 2.27 bits per heavy atom. The van der Waals surface area contributed by atoms with Crippen LogP contribution in [0.5, 0.6) is 0 Å². The van der Waals surface area contributed by atoms with E-state index in [2.05, 4.69) is 18.7 Å². The third kappa shape index (κ3) is 2.81. The molecule has 2 nitrogen and oxygen atoms in total. The maximum Gasteiger partial charge on any atom is 0.153 e. The third-order valence-corrected chi connectivity index (χ3v) is 4.23. The van der Waals surface area contributed by atoms with E-state index >= 15 is 0 Å². The lowest BCUT2D eigenvalue weighted by Crippen LogP contribution is -2.48. The van der Waals surface area contributed by atoms with Crippen molar-refractivity contribution in [2.24, 2.45) is 5.92 Å². The smallest absolute Gasteiger partial charge is 0.153 e. The number of Topliss-reactive ketones (excluding diaryl/α,β-unsaturated/α-hetero) is 1. The number of rotatable bonds is 5. The summed E-state index contributed by atoms with van der Waals surface area (Å²) in [4.78, 5) is 14.3. The molecule has 1 atom stereocenters. The van der Waals surface area contributed by atoms with Gasteiger partial charge in [0.2, 0.25) is 0 Å². The topological polar surface area (TPSA) is 20.3 Å². The molecule has 1 unspecified atom stereocenters. The van der Waals surface area contributed by atoms with Crippen LogP contribution in [-0.4, -0.2) is 30.3 Å². The Labute approximate surface area is 94.0 Å². The molecule has 0 spiro atoms. The van der Waals surface area contributed by atoms with Crippen molar-refractivity contribution in [3.63, 3.8) is 0 Å². The van der Waals surface area contributed by atoms with E-state index in [1.807, 2.05) is 14.1 Å². The van der Waals surface area contributed by atoms with Gasteiger partial charge < -0.3 is 0 Å². The van der Waals surface area contributed by atoms with E-state index in [0.29, 0.717) is 11.7 Å². The second-order valence-corrected chi connectivity index (χ2v) is 5.30. The van der Waals surface area contributed by atoms with E-state index in [9.17, 15) is 4.79 Å². The SMILES string of the molecule is CCC(C)(C(=O)CC1CCCC1)N(C)C. The van der Waals surface area contributed by atoms with Gasteiger partial charge in [0.15, 0.2) is 5.78 Å². The standard InChI is InChI=1S/C13H25NO/c1-5-13(2,14(3)4)12(15)10-11-8-6-7-9-11/h11H,5-10H2,1-4H3. The molecule has 0 heterocycles. The summed E-state index contributed by atoms with van der Waals surface area (Å²) in [7, 11) is 4.02. The van der Waals surface area contributed by atoms with Crippen LogP contribution in [-0.2, 0) is 4.79 Å². The number of carbonyl (C=O) groups excluding carboxylic acids is 1. The summed E-state index contributed by atoms with van der Waals surface area (Å²) in [5.41, 5.74) is -0.247. The first-order valence-corrected chi connectivity index (χ1v) is 6.21. The Bertz CT molecular complexity index is 219. The van der Waals surface area contributed by atoms with Gasteiger partial charge in [0.1, 0.15) is 0 Å². The number of carbonyl (C=O) groups is 1. The molecule has 1 aliphatic rings. The van der Waals surface area contributed by atoms with Gasteiger partial charge in [-0.1, -0.05) is 32.6 Å². The zero-order valence-corrected chi connectivity index (χ0v) is 10.7. The molecule has 1 saturated carbocycles. The molecular formula is C13H25NO. The second kappa shape index (κ2) is 5.11. The summed E-state index contributed by atoms with van der Waals surface area (Å²) in [6.07, 6.45) is 6.87. The van der Waals surface area contributed by atoms with Crippen LogP contribution < -0.4 is 0 Å². The molecule has 88 valence electrons. The van der Waals surface area contributed by atoms with Gasteiger partial charge in [-0.2, -0.15) is 0 Å². The van der Waals surface area contributed by atoms with Gasteiger partial charge in [0, 0.05) is 6.42 Å². The molecule has 0 amide bonds. The van der Waals surface area contributed by atoms with E-state index in [4.69, 9.17) is 0 Å². The first-order valence-electron chi connectivity index (χ1n) is 6.21. The molecule has 0 aliphatic heterocycles. The van der Waals surface area contributed by atoms with Gasteiger partial charge >= 0.3 is 0 Å². The molecule has 0 N–H and O–H groups in total. The molecule has 0 aromatic heterocycles. The monoisotopic (exact) mass is 211 g/mol. The number of nitrogens with zero attached hydrogens (tertiary/aromatic N) is 1. The maximum absolute atomic E-state index is 12.3. The number of hydrogen-bond acceptors (Lipinski definition) is 2. The van der Waals surface area contributed by atoms with Crippen molar-refractivity contribution in [2.75, 3.05) is 14.1 Å². The van der Waals surface area contributed by atoms with Crippen molar-refractivity contribution in [1.82, 2.24) is 4.90 Å². The van der Waals surface area contributed by atoms with E-state index in [1.54, 1.807) is 0 Å². The summed E-state index contributed by atoms with van der Waals surface area (Å²) in [6, 6.07) is 0. The van der Waals surface area contributed by atoms with Gasteiger partial charge in [-0.25, -0.2) is 0 Å². The van der Waals surface area contributed by atoms with Crippen molar-refractivity contribution in [1.29, 1.82) is 0 Å². The molecule has 0 bridgehead atoms. The van der Waals surface area contributed by atoms with Crippen molar-refractivity contribution in [3.05, 3.63) is 0 Å². The average Bonchev–Trinajstić information content (AvgIpc) is 2.68. The highest BCUT2D eigenvalue weighted by atomic mass is 16.1. The molecule has 1 aliphatic carbocycles. The minimum absolute atomic E-state index is 0.247. The number of hydrogen-bond donors (Lipinski definition) is 0. The Kier molecular flexibility index (Phi) is 4.32. The zero-order chi connectivity index (χ0) is 11.5. The minimum atomic E-state index is -0.247. The van der Waals surface area contributed by atoms with Crippen LogP contribution in [0.25, 0.3) is 0 Å². The van der Waals surface area contributed by atoms with Gasteiger partial charge in [0.05, 0.1) is 5.54 Å². The molecule has 0 aromatic rings. The van der Waals surface area contributed by atoms with Crippen molar-refractivity contribution < 1.29 is 4.79 Å². The molecular weight excluding hydrogens is 186 g/mol. The molecule has 15 heavy (non-hydrogen) atoms. The summed E-state index contributed by atoms with van der Waals surface area (Å²) < 4.78 is 0. The molecule has 0 aromatic carbocycles. The Morgan fingerprint density at radius 2 is 1.87 bits per heavy atom. The summed E-state index contributed by atoms with van der Waals surface area (Å²) >= 11 is 0. The fourth-order valence-electron chi connectivity index (χ4n) is 2.46. The van der Waals surface area contributed by atoms with Crippen LogP contribution >= 0.6 is 0 Å². The summed E-state index contributed by atoms with van der Waals surface area (Å²) in [5, 5.41) is 0. The second-order valence-electron chi connectivity index (χ2n) is 5.30. The van der Waals surface area contributed by atoms with Crippen LogP contribution in [0, 0.1) is 5.92 Å². The van der Waals surface area contributed by atoms with E-state index in [0.717, 1.165) is 12.8 Å². The van der Waals surface area contributed by atoms with Crippen LogP contribution in [0.2, 0.25) is 0 Å². The van der Waals surface area contributed by atoms with Gasteiger partial charge in [0.25, 0.3) is 0 Å². The number of ketones is 1. The highest BCUT2D eigenvalue weighted by Gasteiger charge is 2.34. The molecule has 1 rings (SSSR count). The van der Waals surface area contributed by atoms with Gasteiger partial charge in [-0.15, -0.1) is 0 Å². The third-order valence-electron chi connectivity index (χ3n) is 4.23. The fourth-order valence-corrected chi connectivity index (χ4v) is 2.46. The van der Waals surface area contributed by atoms with Crippen LogP contribution in [0.4, 0.5) is 0 Å². The van der Waals surface area contributed by atoms with Gasteiger partial charge in [-0.05, 0) is 33.4 Å². The number of likely N-dealkylation sites (N-methyl/N-ethyl adjacent to an activating group) is 1. The summed E-state index contributed by atoms with van der Waals surface area (Å²) in [6.45, 7) is 4.18. The van der Waals surface area contributed by atoms with Crippen LogP contribution in [0.1, 0.15) is 52.4 Å². The van der Waals surface area contributed by atoms with Gasteiger partial charge in [-0.3, -0.25) is 9.69 Å². The van der Waals surface area contributed by atoms with E-state index < -0.39 is 0 Å². The highest BCUT2D eigenvalue weighted by Crippen LogP contribution is 2.30.